The van der Waals surface area contributed by atoms with Gasteiger partial charge in [0.1, 0.15) is 5.60 Å². The highest BCUT2D eigenvalue weighted by atomic mass is 79.9. The average Bonchev–Trinajstić information content (AvgIpc) is 2.33. The van der Waals surface area contributed by atoms with Gasteiger partial charge < -0.3 is 20.1 Å². The van der Waals surface area contributed by atoms with Crippen LogP contribution >= 0.6 is 27.5 Å². The zero-order chi connectivity index (χ0) is 17.2. The number of halogens is 2. The molecule has 0 saturated heterocycles. The molecule has 0 aliphatic heterocycles. The van der Waals surface area contributed by atoms with Crippen molar-refractivity contribution in [2.75, 3.05) is 12.4 Å². The number of ether oxygens (including phenoxy) is 2. The highest BCUT2D eigenvalue weighted by Crippen LogP contribution is 2.38. The van der Waals surface area contributed by atoms with E-state index in [4.69, 9.17) is 21.1 Å². The van der Waals surface area contributed by atoms with Crippen molar-refractivity contribution in [3.8, 4) is 5.75 Å². The summed E-state index contributed by atoms with van der Waals surface area (Å²) < 4.78 is 11.4. The van der Waals surface area contributed by atoms with E-state index in [0.717, 1.165) is 28.8 Å². The summed E-state index contributed by atoms with van der Waals surface area (Å²) in [5, 5.41) is 6.90. The van der Waals surface area contributed by atoms with Gasteiger partial charge in [-0.05, 0) is 61.7 Å². The van der Waals surface area contributed by atoms with Crippen molar-refractivity contribution in [2.24, 2.45) is 0 Å². The third-order valence-corrected chi connectivity index (χ3v) is 4.24. The number of nitrogens with one attached hydrogen (secondary N) is 2. The maximum absolute atomic E-state index is 11.7. The lowest BCUT2D eigenvalue weighted by molar-refractivity contribution is 0.0475. The fourth-order valence-electron chi connectivity index (χ4n) is 2.42. The van der Waals surface area contributed by atoms with Crippen LogP contribution in [0.5, 0.6) is 5.75 Å². The first-order valence-corrected chi connectivity index (χ1v) is 8.64. The topological polar surface area (TPSA) is 59.6 Å². The minimum atomic E-state index is -0.480. The Bertz CT molecular complexity index is 583. The summed E-state index contributed by atoms with van der Waals surface area (Å²) in [5.41, 5.74) is 0.360. The van der Waals surface area contributed by atoms with Crippen molar-refractivity contribution < 1.29 is 14.3 Å². The molecule has 0 bridgehead atoms. The third kappa shape index (κ3) is 5.18. The number of hydrogen-bond donors (Lipinski definition) is 2. The van der Waals surface area contributed by atoms with E-state index in [2.05, 4.69) is 26.6 Å². The van der Waals surface area contributed by atoms with Crippen molar-refractivity contribution in [3.63, 3.8) is 0 Å². The van der Waals surface area contributed by atoms with Crippen LogP contribution in [-0.4, -0.2) is 30.9 Å². The van der Waals surface area contributed by atoms with Gasteiger partial charge in [-0.3, -0.25) is 0 Å². The molecule has 1 aliphatic rings. The van der Waals surface area contributed by atoms with E-state index in [-0.39, 0.29) is 18.2 Å². The Morgan fingerprint density at radius 3 is 2.52 bits per heavy atom. The van der Waals surface area contributed by atoms with Crippen molar-refractivity contribution in [3.05, 3.63) is 21.6 Å². The van der Waals surface area contributed by atoms with Crippen LogP contribution in [0.15, 0.2) is 16.6 Å². The number of rotatable bonds is 4. The molecule has 2 N–H and O–H groups in total. The van der Waals surface area contributed by atoms with Gasteiger partial charge in [0.05, 0.1) is 17.3 Å². The lowest BCUT2D eigenvalue weighted by Crippen LogP contribution is -2.50. The Morgan fingerprint density at radius 2 is 1.96 bits per heavy atom. The summed E-state index contributed by atoms with van der Waals surface area (Å²) in [6.07, 6.45) is 1.28. The predicted octanol–water partition coefficient (Wildman–Crippen LogP) is 4.58. The summed E-state index contributed by atoms with van der Waals surface area (Å²) >= 11 is 9.52. The Balaban J connectivity index is 1.86. The fourth-order valence-corrected chi connectivity index (χ4v) is 3.39. The van der Waals surface area contributed by atoms with Crippen molar-refractivity contribution in [1.29, 1.82) is 0 Å². The summed E-state index contributed by atoms with van der Waals surface area (Å²) in [4.78, 5) is 11.7. The number of hydrogen-bond acceptors (Lipinski definition) is 4. The minimum absolute atomic E-state index is 0.121. The molecule has 0 aromatic heterocycles. The summed E-state index contributed by atoms with van der Waals surface area (Å²) in [6.45, 7) is 5.54. The molecule has 1 aromatic rings. The second-order valence-electron chi connectivity index (χ2n) is 6.62. The fraction of sp³-hybridized carbons (Fsp3) is 0.562. The van der Waals surface area contributed by atoms with Gasteiger partial charge in [-0.15, -0.1) is 0 Å². The van der Waals surface area contributed by atoms with Gasteiger partial charge in [0.15, 0.2) is 5.75 Å². The number of amides is 1. The summed E-state index contributed by atoms with van der Waals surface area (Å²) in [5.74, 6) is 0.720. The van der Waals surface area contributed by atoms with E-state index in [9.17, 15) is 4.79 Å². The molecule has 1 aromatic carbocycles. The van der Waals surface area contributed by atoms with Crippen LogP contribution in [0.25, 0.3) is 0 Å². The molecule has 23 heavy (non-hydrogen) atoms. The van der Waals surface area contributed by atoms with Gasteiger partial charge >= 0.3 is 6.09 Å². The number of anilines is 1. The molecule has 0 unspecified atom stereocenters. The van der Waals surface area contributed by atoms with Crippen LogP contribution < -0.4 is 15.4 Å². The van der Waals surface area contributed by atoms with Gasteiger partial charge in [0.2, 0.25) is 0 Å². The lowest BCUT2D eigenvalue weighted by atomic mass is 9.86. The third-order valence-electron chi connectivity index (χ3n) is 3.43. The zero-order valence-corrected chi connectivity index (χ0v) is 16.0. The maximum Gasteiger partial charge on any atom is 0.407 e. The van der Waals surface area contributed by atoms with Crippen molar-refractivity contribution >= 4 is 39.3 Å². The number of methoxy groups -OCH3 is 1. The highest BCUT2D eigenvalue weighted by molar-refractivity contribution is 9.10. The molecule has 0 radical (unpaired) electrons. The Labute approximate surface area is 150 Å². The van der Waals surface area contributed by atoms with Gasteiger partial charge in [-0.1, -0.05) is 11.6 Å². The molecule has 7 heteroatoms. The smallest absolute Gasteiger partial charge is 0.407 e. The summed E-state index contributed by atoms with van der Waals surface area (Å²) in [6, 6.07) is 4.00. The molecular formula is C16H22BrClN2O3. The maximum atomic E-state index is 11.7. The number of carbonyl (C=O) groups excluding carboxylic acids is 1. The number of benzene rings is 1. The van der Waals surface area contributed by atoms with Gasteiger partial charge in [0.25, 0.3) is 0 Å². The van der Waals surface area contributed by atoms with E-state index in [1.165, 1.54) is 0 Å². The lowest BCUT2D eigenvalue weighted by Gasteiger charge is -2.37. The monoisotopic (exact) mass is 404 g/mol. The Morgan fingerprint density at radius 1 is 1.30 bits per heavy atom. The van der Waals surface area contributed by atoms with Crippen molar-refractivity contribution in [2.45, 2.75) is 51.3 Å². The zero-order valence-electron chi connectivity index (χ0n) is 13.7. The molecule has 2 rings (SSSR count). The minimum Gasteiger partial charge on any atom is -0.493 e. The van der Waals surface area contributed by atoms with E-state index in [1.54, 1.807) is 13.2 Å². The molecule has 128 valence electrons. The highest BCUT2D eigenvalue weighted by Gasteiger charge is 2.32. The molecule has 5 nitrogen and oxygen atoms in total. The van der Waals surface area contributed by atoms with Gasteiger partial charge in [-0.25, -0.2) is 4.79 Å². The van der Waals surface area contributed by atoms with E-state index < -0.39 is 5.60 Å². The molecule has 0 atom stereocenters. The van der Waals surface area contributed by atoms with Crippen LogP contribution in [0, 0.1) is 0 Å². The first kappa shape index (κ1) is 18.2. The second-order valence-corrected chi connectivity index (χ2v) is 7.92. The van der Waals surface area contributed by atoms with Crippen LogP contribution in [0.4, 0.5) is 10.5 Å². The molecule has 0 heterocycles. The first-order valence-electron chi connectivity index (χ1n) is 7.47. The molecule has 0 spiro atoms. The Hall–Kier alpha value is -1.14. The first-order chi connectivity index (χ1) is 10.7. The van der Waals surface area contributed by atoms with Gasteiger partial charge in [0, 0.05) is 17.1 Å². The second kappa shape index (κ2) is 7.18. The molecule has 1 fully saturated rings. The summed E-state index contributed by atoms with van der Waals surface area (Å²) in [7, 11) is 1.62. The molecule has 1 saturated carbocycles. The SMILES string of the molecule is COc1c(Br)cc(Cl)cc1NC1CC(NC(=O)OC(C)(C)C)C1. The van der Waals surface area contributed by atoms with Crippen LogP contribution in [0.2, 0.25) is 5.02 Å². The van der Waals surface area contributed by atoms with Crippen LogP contribution in [0.3, 0.4) is 0 Å². The van der Waals surface area contributed by atoms with E-state index in [0.29, 0.717) is 5.02 Å². The van der Waals surface area contributed by atoms with E-state index in [1.807, 2.05) is 26.8 Å². The van der Waals surface area contributed by atoms with Crippen molar-refractivity contribution in [1.82, 2.24) is 5.32 Å². The molecular weight excluding hydrogens is 384 g/mol. The predicted molar refractivity (Wildman–Crippen MR) is 95.5 cm³/mol. The quantitative estimate of drug-likeness (QED) is 0.770. The largest absolute Gasteiger partial charge is 0.493 e. The van der Waals surface area contributed by atoms with Gasteiger partial charge in [-0.2, -0.15) is 0 Å². The standard InChI is InChI=1S/C16H22BrClN2O3/c1-16(2,3)23-15(21)20-11-7-10(8-11)19-13-6-9(18)5-12(17)14(13)22-4/h5-6,10-11,19H,7-8H2,1-4H3,(H,20,21). The Kier molecular flexibility index (Phi) is 5.68. The molecule has 1 aliphatic carbocycles. The van der Waals surface area contributed by atoms with E-state index >= 15 is 0 Å². The number of alkyl carbamates (subject to hydrolysis) is 1. The molecule has 1 amide bonds. The number of carbonyl (C=O) groups is 1. The van der Waals surface area contributed by atoms with Crippen LogP contribution in [0.1, 0.15) is 33.6 Å². The van der Waals surface area contributed by atoms with Crippen LogP contribution in [-0.2, 0) is 4.74 Å². The normalized spacial score (nSPS) is 20.4. The average molecular weight is 406 g/mol.